The number of nitrogens with zero attached hydrogens (tertiary/aromatic N) is 2. The van der Waals surface area contributed by atoms with Crippen LogP contribution in [0.25, 0.3) is 32.9 Å². The van der Waals surface area contributed by atoms with Crippen LogP contribution in [0.3, 0.4) is 0 Å². The molecule has 3 aliphatic carbocycles. The molecule has 2 aromatic carbocycles. The molecule has 0 N–H and O–H groups in total. The summed E-state index contributed by atoms with van der Waals surface area (Å²) in [5.74, 6) is 1.20. The highest BCUT2D eigenvalue weighted by molar-refractivity contribution is 6.06. The smallest absolute Gasteiger partial charge is 0.224 e. The van der Waals surface area contributed by atoms with Crippen LogP contribution in [-0.4, -0.2) is 4.98 Å². The molecule has 1 atom stereocenters. The van der Waals surface area contributed by atoms with E-state index in [2.05, 4.69) is 114 Å². The van der Waals surface area contributed by atoms with Crippen molar-refractivity contribution in [1.29, 1.82) is 0 Å². The molecule has 1 aliphatic heterocycles. The summed E-state index contributed by atoms with van der Waals surface area (Å²) in [6.07, 6.45) is 18.7. The first-order chi connectivity index (χ1) is 21.7. The van der Waals surface area contributed by atoms with E-state index in [1.165, 1.54) is 84.4 Å². The number of allylic oxidation sites excluding steroid dienone is 4. The van der Waals surface area contributed by atoms with Crippen molar-refractivity contribution in [3.8, 4) is 11.3 Å². The average Bonchev–Trinajstić information content (AvgIpc) is 3.62. The van der Waals surface area contributed by atoms with E-state index in [1.54, 1.807) is 33.4 Å². The third kappa shape index (κ3) is 3.87. The fourth-order valence-electron chi connectivity index (χ4n) is 10.2. The Hall–Kier alpha value is -3.26. The zero-order valence-corrected chi connectivity index (χ0v) is 28.7. The van der Waals surface area contributed by atoms with Crippen LogP contribution < -0.4 is 4.57 Å². The van der Waals surface area contributed by atoms with Crippen molar-refractivity contribution in [1.82, 2.24) is 4.98 Å². The van der Waals surface area contributed by atoms with Gasteiger partial charge in [0.15, 0.2) is 6.20 Å². The summed E-state index contributed by atoms with van der Waals surface area (Å²) in [6.45, 7) is 16.5. The van der Waals surface area contributed by atoms with Gasteiger partial charge in [-0.3, -0.25) is 4.98 Å². The molecule has 3 heterocycles. The van der Waals surface area contributed by atoms with E-state index in [9.17, 15) is 0 Å². The number of aromatic nitrogens is 2. The van der Waals surface area contributed by atoms with Crippen LogP contribution in [0.2, 0.25) is 0 Å². The minimum atomic E-state index is -0.216. The Balaban J connectivity index is 1.56. The predicted molar refractivity (Wildman–Crippen MR) is 189 cm³/mol. The van der Waals surface area contributed by atoms with Gasteiger partial charge in [-0.15, -0.1) is 0 Å². The van der Waals surface area contributed by atoms with Gasteiger partial charge in [-0.1, -0.05) is 97.2 Å². The Bertz CT molecular complexity index is 1920. The lowest BCUT2D eigenvalue weighted by atomic mass is 9.63. The summed E-state index contributed by atoms with van der Waals surface area (Å²) in [4.78, 5) is 5.44. The molecule has 4 aliphatic rings. The SMILES string of the molecule is CCC(CC)C1=CC2(CC(C(CC)CC)=C1)c1cc3ccccc3c3c1-c1c4c(cc(C(C)(C)C)nc4cc[n+]12)C31CCCC1. The highest BCUT2D eigenvalue weighted by Crippen LogP contribution is 2.62. The van der Waals surface area contributed by atoms with Gasteiger partial charge in [-0.2, -0.15) is 4.57 Å². The van der Waals surface area contributed by atoms with Crippen molar-refractivity contribution < 1.29 is 4.57 Å². The van der Waals surface area contributed by atoms with Gasteiger partial charge in [0.1, 0.15) is 0 Å². The average molecular weight is 596 g/mol. The van der Waals surface area contributed by atoms with Gasteiger partial charge in [-0.05, 0) is 96.0 Å². The molecule has 232 valence electrons. The Morgan fingerprint density at radius 2 is 1.58 bits per heavy atom. The maximum absolute atomic E-state index is 5.44. The molecule has 0 saturated heterocycles. The second-order valence-corrected chi connectivity index (χ2v) is 15.8. The van der Waals surface area contributed by atoms with Gasteiger partial charge in [-0.25, -0.2) is 0 Å². The lowest BCUT2D eigenvalue weighted by Gasteiger charge is -2.37. The van der Waals surface area contributed by atoms with E-state index >= 15 is 0 Å². The van der Waals surface area contributed by atoms with Crippen LogP contribution in [0.1, 0.15) is 129 Å². The maximum Gasteiger partial charge on any atom is 0.224 e. The van der Waals surface area contributed by atoms with Gasteiger partial charge in [0, 0.05) is 34.6 Å². The van der Waals surface area contributed by atoms with E-state index in [4.69, 9.17) is 4.98 Å². The third-order valence-corrected chi connectivity index (χ3v) is 12.5. The second kappa shape index (κ2) is 10.1. The van der Waals surface area contributed by atoms with E-state index in [-0.39, 0.29) is 16.4 Å². The van der Waals surface area contributed by atoms with Gasteiger partial charge >= 0.3 is 0 Å². The Morgan fingerprint density at radius 1 is 0.867 bits per heavy atom. The van der Waals surface area contributed by atoms with E-state index < -0.39 is 0 Å². The highest BCUT2D eigenvalue weighted by atomic mass is 15.1. The fraction of sp³-hybridized carbons (Fsp3) is 0.488. The molecule has 0 bridgehead atoms. The summed E-state index contributed by atoms with van der Waals surface area (Å²) >= 11 is 0. The van der Waals surface area contributed by atoms with Crippen molar-refractivity contribution in [2.75, 3.05) is 0 Å². The summed E-state index contributed by atoms with van der Waals surface area (Å²) in [5.41, 5.74) is 13.2. The quantitative estimate of drug-likeness (QED) is 0.203. The Morgan fingerprint density at radius 3 is 2.27 bits per heavy atom. The van der Waals surface area contributed by atoms with Gasteiger partial charge in [0.25, 0.3) is 0 Å². The lowest BCUT2D eigenvalue weighted by molar-refractivity contribution is -0.726. The Labute approximate surface area is 270 Å². The molecular weight excluding hydrogens is 544 g/mol. The number of benzene rings is 2. The third-order valence-electron chi connectivity index (χ3n) is 12.5. The van der Waals surface area contributed by atoms with Crippen molar-refractivity contribution in [2.45, 2.75) is 123 Å². The standard InChI is InChI=1S/C43H51N2/c1-8-27(9-2)30-22-31(28(10-3)11-4)26-43(25-30)34-23-29-16-12-13-17-32(29)39-38(34)40-37-33(42(39)19-14-15-20-42)24-36(41(5,6)7)44-35(37)18-21-45(40)43/h12-13,16-18,21-25,27-28H,8-11,14-15,19-20,26H2,1-7H3/q+1. The maximum atomic E-state index is 5.44. The molecule has 1 unspecified atom stereocenters. The molecule has 2 spiro atoms. The molecule has 2 heteroatoms. The first-order valence-corrected chi connectivity index (χ1v) is 18.1. The Kier molecular flexibility index (Phi) is 6.56. The number of pyridine rings is 2. The summed E-state index contributed by atoms with van der Waals surface area (Å²) < 4.78 is 2.74. The highest BCUT2D eigenvalue weighted by Gasteiger charge is 2.58. The summed E-state index contributed by atoms with van der Waals surface area (Å²) in [6, 6.07) is 16.9. The predicted octanol–water partition coefficient (Wildman–Crippen LogP) is 11.0. The molecular formula is C43H51N2+. The molecule has 45 heavy (non-hydrogen) atoms. The minimum Gasteiger partial charge on any atom is -0.252 e. The largest absolute Gasteiger partial charge is 0.252 e. The number of hydrogen-bond donors (Lipinski definition) is 0. The number of rotatable bonds is 6. The zero-order valence-electron chi connectivity index (χ0n) is 28.7. The summed E-state index contributed by atoms with van der Waals surface area (Å²) in [5, 5.41) is 4.31. The second-order valence-electron chi connectivity index (χ2n) is 15.8. The van der Waals surface area contributed by atoms with Crippen LogP contribution in [0.5, 0.6) is 0 Å². The number of fused-ring (bicyclic) bond motifs is 6. The van der Waals surface area contributed by atoms with Crippen molar-refractivity contribution in [3.05, 3.63) is 94.3 Å². The monoisotopic (exact) mass is 595 g/mol. The molecule has 8 rings (SSSR count). The van der Waals surface area contributed by atoms with Gasteiger partial charge in [0.05, 0.1) is 16.5 Å². The lowest BCUT2D eigenvalue weighted by Crippen LogP contribution is -2.55. The molecule has 0 amide bonds. The van der Waals surface area contributed by atoms with Gasteiger partial charge in [0.2, 0.25) is 11.2 Å². The minimum absolute atomic E-state index is 0.00655. The van der Waals surface area contributed by atoms with E-state index in [1.807, 2.05) is 0 Å². The number of hydrogen-bond acceptors (Lipinski definition) is 1. The van der Waals surface area contributed by atoms with Crippen LogP contribution in [0.4, 0.5) is 0 Å². The first-order valence-electron chi connectivity index (χ1n) is 18.1. The first kappa shape index (κ1) is 29.2. The zero-order chi connectivity index (χ0) is 31.3. The molecule has 2 aromatic heterocycles. The summed E-state index contributed by atoms with van der Waals surface area (Å²) in [7, 11) is 0. The molecule has 1 saturated carbocycles. The normalized spacial score (nSPS) is 21.2. The van der Waals surface area contributed by atoms with Crippen molar-refractivity contribution in [3.63, 3.8) is 0 Å². The van der Waals surface area contributed by atoms with Crippen molar-refractivity contribution in [2.24, 2.45) is 11.8 Å². The van der Waals surface area contributed by atoms with E-state index in [0.29, 0.717) is 11.8 Å². The fourth-order valence-corrected chi connectivity index (χ4v) is 10.2. The van der Waals surface area contributed by atoms with Crippen molar-refractivity contribution >= 4 is 21.7 Å². The van der Waals surface area contributed by atoms with Crippen LogP contribution in [0, 0.1) is 11.8 Å². The molecule has 1 fully saturated rings. The van der Waals surface area contributed by atoms with Gasteiger partial charge < -0.3 is 0 Å². The van der Waals surface area contributed by atoms with E-state index in [0.717, 1.165) is 6.42 Å². The van der Waals surface area contributed by atoms with Crippen LogP contribution >= 0.6 is 0 Å². The molecule has 4 aromatic rings. The topological polar surface area (TPSA) is 16.8 Å². The molecule has 2 nitrogen and oxygen atoms in total. The van der Waals surface area contributed by atoms with Crippen LogP contribution in [-0.2, 0) is 16.4 Å². The van der Waals surface area contributed by atoms with Crippen LogP contribution in [0.15, 0.2) is 72.0 Å². The molecule has 0 radical (unpaired) electrons.